The standard InChI is InChI=1S/C22H24N4O5/c1-28-17-11-16(12-18(29-2)19(17)30-3)24-22(27)23-15-9-7-13(8-10-15)20-25-21(31-26-20)14-5-4-6-14/h7-12,14H,4-6H2,1-3H3,(H2,23,24,27). The van der Waals surface area contributed by atoms with Crippen LogP contribution in [0.3, 0.4) is 0 Å². The predicted octanol–water partition coefficient (Wildman–Crippen LogP) is 4.67. The predicted molar refractivity (Wildman–Crippen MR) is 115 cm³/mol. The minimum Gasteiger partial charge on any atom is -0.493 e. The molecule has 9 nitrogen and oxygen atoms in total. The van der Waals surface area contributed by atoms with Gasteiger partial charge in [-0.3, -0.25) is 0 Å². The SMILES string of the molecule is COc1cc(NC(=O)Nc2ccc(-c3noc(C4CCC4)n3)cc2)cc(OC)c1OC. The van der Waals surface area contributed by atoms with Crippen LogP contribution in [0, 0.1) is 0 Å². The molecule has 2 N–H and O–H groups in total. The molecule has 0 unspecified atom stereocenters. The van der Waals surface area contributed by atoms with Crippen LogP contribution in [0.5, 0.6) is 17.2 Å². The van der Waals surface area contributed by atoms with Crippen molar-refractivity contribution in [1.29, 1.82) is 0 Å². The van der Waals surface area contributed by atoms with Gasteiger partial charge in [0.25, 0.3) is 0 Å². The first-order chi connectivity index (χ1) is 15.1. The van der Waals surface area contributed by atoms with Gasteiger partial charge in [0.15, 0.2) is 11.5 Å². The second-order valence-electron chi connectivity index (χ2n) is 7.15. The van der Waals surface area contributed by atoms with Crippen LogP contribution in [0.1, 0.15) is 31.1 Å². The van der Waals surface area contributed by atoms with Crippen LogP contribution in [-0.2, 0) is 0 Å². The zero-order valence-electron chi connectivity index (χ0n) is 17.6. The summed E-state index contributed by atoms with van der Waals surface area (Å²) < 4.78 is 21.3. The van der Waals surface area contributed by atoms with E-state index in [1.54, 1.807) is 24.3 Å². The molecule has 31 heavy (non-hydrogen) atoms. The zero-order chi connectivity index (χ0) is 21.8. The van der Waals surface area contributed by atoms with Gasteiger partial charge in [-0.05, 0) is 37.1 Å². The lowest BCUT2D eigenvalue weighted by atomic mass is 9.85. The number of amides is 2. The summed E-state index contributed by atoms with van der Waals surface area (Å²) in [6, 6.07) is 10.1. The van der Waals surface area contributed by atoms with Crippen molar-refractivity contribution in [2.45, 2.75) is 25.2 Å². The van der Waals surface area contributed by atoms with E-state index >= 15 is 0 Å². The molecule has 0 radical (unpaired) electrons. The van der Waals surface area contributed by atoms with E-state index in [0.29, 0.717) is 46.3 Å². The Morgan fingerprint density at radius 1 is 0.968 bits per heavy atom. The molecule has 1 heterocycles. The minimum absolute atomic E-state index is 0.390. The highest BCUT2D eigenvalue weighted by Gasteiger charge is 2.25. The molecule has 0 atom stereocenters. The summed E-state index contributed by atoms with van der Waals surface area (Å²) in [7, 11) is 4.55. The summed E-state index contributed by atoms with van der Waals surface area (Å²) in [6.45, 7) is 0. The van der Waals surface area contributed by atoms with Gasteiger partial charge in [-0.15, -0.1) is 0 Å². The Balaban J connectivity index is 1.41. The topological polar surface area (TPSA) is 108 Å². The number of aromatic nitrogens is 2. The zero-order valence-corrected chi connectivity index (χ0v) is 17.6. The van der Waals surface area contributed by atoms with Gasteiger partial charge >= 0.3 is 6.03 Å². The van der Waals surface area contributed by atoms with E-state index in [1.165, 1.54) is 27.8 Å². The number of carbonyl (C=O) groups excluding carboxylic acids is 1. The van der Waals surface area contributed by atoms with Crippen molar-refractivity contribution in [2.75, 3.05) is 32.0 Å². The molecule has 4 rings (SSSR count). The maximum Gasteiger partial charge on any atom is 0.323 e. The largest absolute Gasteiger partial charge is 0.493 e. The fourth-order valence-electron chi connectivity index (χ4n) is 3.32. The fraction of sp³-hybridized carbons (Fsp3) is 0.318. The molecule has 1 aliphatic carbocycles. The number of benzene rings is 2. The summed E-state index contributed by atoms with van der Waals surface area (Å²) in [5.41, 5.74) is 1.94. The van der Waals surface area contributed by atoms with Crippen molar-refractivity contribution in [3.63, 3.8) is 0 Å². The van der Waals surface area contributed by atoms with E-state index < -0.39 is 6.03 Å². The Kier molecular flexibility index (Phi) is 5.92. The Labute approximate surface area is 179 Å². The van der Waals surface area contributed by atoms with Crippen LogP contribution >= 0.6 is 0 Å². The van der Waals surface area contributed by atoms with Gasteiger partial charge < -0.3 is 29.4 Å². The van der Waals surface area contributed by atoms with E-state index in [1.807, 2.05) is 12.1 Å². The van der Waals surface area contributed by atoms with Crippen LogP contribution in [0.25, 0.3) is 11.4 Å². The molecule has 0 aliphatic heterocycles. The monoisotopic (exact) mass is 424 g/mol. The first-order valence-corrected chi connectivity index (χ1v) is 9.93. The fourth-order valence-corrected chi connectivity index (χ4v) is 3.32. The van der Waals surface area contributed by atoms with E-state index in [-0.39, 0.29) is 0 Å². The number of nitrogens with one attached hydrogen (secondary N) is 2. The molecule has 9 heteroatoms. The normalized spacial score (nSPS) is 13.3. The molecule has 3 aromatic rings. The minimum atomic E-state index is -0.408. The Hall–Kier alpha value is -3.75. The molecular weight excluding hydrogens is 400 g/mol. The molecule has 162 valence electrons. The lowest BCUT2D eigenvalue weighted by molar-refractivity contribution is 0.262. The molecular formula is C22H24N4O5. The van der Waals surface area contributed by atoms with Crippen LogP contribution in [0.2, 0.25) is 0 Å². The maximum atomic E-state index is 12.4. The van der Waals surface area contributed by atoms with Gasteiger partial charge in [-0.25, -0.2) is 4.79 Å². The summed E-state index contributed by atoms with van der Waals surface area (Å²) in [4.78, 5) is 16.9. The second kappa shape index (κ2) is 8.95. The number of ether oxygens (including phenoxy) is 3. The van der Waals surface area contributed by atoms with Crippen molar-refractivity contribution in [3.05, 3.63) is 42.3 Å². The molecule has 1 aliphatic rings. The number of methoxy groups -OCH3 is 3. The summed E-state index contributed by atoms with van der Waals surface area (Å²) in [6.07, 6.45) is 3.41. The molecule has 2 amide bonds. The molecule has 0 bridgehead atoms. The average molecular weight is 424 g/mol. The first kappa shape index (κ1) is 20.5. The smallest absolute Gasteiger partial charge is 0.323 e. The van der Waals surface area contributed by atoms with Gasteiger partial charge in [-0.2, -0.15) is 4.98 Å². The second-order valence-corrected chi connectivity index (χ2v) is 7.15. The maximum absolute atomic E-state index is 12.4. The third-order valence-corrected chi connectivity index (χ3v) is 5.22. The van der Waals surface area contributed by atoms with Crippen molar-refractivity contribution < 1.29 is 23.5 Å². The third kappa shape index (κ3) is 4.40. The number of urea groups is 1. The number of hydrogen-bond donors (Lipinski definition) is 2. The van der Waals surface area contributed by atoms with Crippen molar-refractivity contribution in [3.8, 4) is 28.6 Å². The summed E-state index contributed by atoms with van der Waals surface area (Å²) in [5, 5.41) is 9.61. The van der Waals surface area contributed by atoms with Gasteiger partial charge in [0, 0.05) is 29.3 Å². The highest BCUT2D eigenvalue weighted by molar-refractivity contribution is 6.00. The number of hydrogen-bond acceptors (Lipinski definition) is 7. The average Bonchev–Trinajstić information content (AvgIpc) is 3.21. The Morgan fingerprint density at radius 2 is 1.61 bits per heavy atom. The number of carbonyl (C=O) groups is 1. The van der Waals surface area contributed by atoms with Gasteiger partial charge in [-0.1, -0.05) is 11.6 Å². The Bertz CT molecular complexity index is 1040. The number of rotatable bonds is 7. The van der Waals surface area contributed by atoms with E-state index in [9.17, 15) is 4.79 Å². The molecule has 2 aromatic carbocycles. The number of anilines is 2. The Morgan fingerprint density at radius 3 is 2.16 bits per heavy atom. The molecule has 1 fully saturated rings. The van der Waals surface area contributed by atoms with Crippen LogP contribution in [-0.4, -0.2) is 37.5 Å². The van der Waals surface area contributed by atoms with Gasteiger partial charge in [0.2, 0.25) is 17.5 Å². The van der Waals surface area contributed by atoms with Crippen molar-refractivity contribution in [2.24, 2.45) is 0 Å². The highest BCUT2D eigenvalue weighted by atomic mass is 16.5. The van der Waals surface area contributed by atoms with E-state index in [4.69, 9.17) is 18.7 Å². The van der Waals surface area contributed by atoms with Crippen molar-refractivity contribution >= 4 is 17.4 Å². The van der Waals surface area contributed by atoms with Crippen LogP contribution < -0.4 is 24.8 Å². The highest BCUT2D eigenvalue weighted by Crippen LogP contribution is 2.40. The lowest BCUT2D eigenvalue weighted by Gasteiger charge is -2.20. The van der Waals surface area contributed by atoms with E-state index in [0.717, 1.165) is 18.4 Å². The summed E-state index contributed by atoms with van der Waals surface area (Å²) >= 11 is 0. The number of nitrogens with zero attached hydrogens (tertiary/aromatic N) is 2. The first-order valence-electron chi connectivity index (χ1n) is 9.93. The van der Waals surface area contributed by atoms with Crippen LogP contribution in [0.4, 0.5) is 16.2 Å². The van der Waals surface area contributed by atoms with Crippen LogP contribution in [0.15, 0.2) is 40.9 Å². The van der Waals surface area contributed by atoms with Gasteiger partial charge in [0.1, 0.15) is 0 Å². The van der Waals surface area contributed by atoms with Gasteiger partial charge in [0.05, 0.1) is 27.0 Å². The third-order valence-electron chi connectivity index (χ3n) is 5.22. The lowest BCUT2D eigenvalue weighted by Crippen LogP contribution is -2.19. The molecule has 0 saturated heterocycles. The van der Waals surface area contributed by atoms with E-state index in [2.05, 4.69) is 20.8 Å². The summed E-state index contributed by atoms with van der Waals surface area (Å²) in [5.74, 6) is 2.99. The molecule has 1 saturated carbocycles. The molecule has 1 aromatic heterocycles. The molecule has 0 spiro atoms. The quantitative estimate of drug-likeness (QED) is 0.567. The van der Waals surface area contributed by atoms with Crippen molar-refractivity contribution in [1.82, 2.24) is 10.1 Å².